The van der Waals surface area contributed by atoms with Crippen LogP contribution in [-0.4, -0.2) is 19.7 Å². The summed E-state index contributed by atoms with van der Waals surface area (Å²) in [6, 6.07) is 17.9. The summed E-state index contributed by atoms with van der Waals surface area (Å²) >= 11 is 0. The molecule has 21 heavy (non-hydrogen) atoms. The predicted molar refractivity (Wildman–Crippen MR) is 83.1 cm³/mol. The first-order chi connectivity index (χ1) is 10.2. The van der Waals surface area contributed by atoms with Crippen LogP contribution in [0.2, 0.25) is 0 Å². The summed E-state index contributed by atoms with van der Waals surface area (Å²) in [6.07, 6.45) is 0.440. The number of methoxy groups -OCH3 is 1. The molecule has 0 bridgehead atoms. The van der Waals surface area contributed by atoms with E-state index in [0.717, 1.165) is 16.9 Å². The van der Waals surface area contributed by atoms with E-state index in [0.29, 0.717) is 18.6 Å². The lowest BCUT2D eigenvalue weighted by Crippen LogP contribution is -2.08. The molecule has 2 aromatic carbocycles. The van der Waals surface area contributed by atoms with Crippen LogP contribution in [0.25, 0.3) is 11.1 Å². The number of hydrogen-bond acceptors (Lipinski definition) is 3. The number of para-hydroxylation sites is 1. The van der Waals surface area contributed by atoms with Gasteiger partial charge in [0.2, 0.25) is 0 Å². The van der Waals surface area contributed by atoms with Gasteiger partial charge in [0.25, 0.3) is 0 Å². The standard InChI is InChI=1S/C18H18O3/c1-14(18(19)20-2)12-13-21-17-11-7-6-10-16(17)15-8-4-3-5-9-15/h3-11H,1,12-13H2,2H3. The number of esters is 1. The minimum Gasteiger partial charge on any atom is -0.493 e. The monoisotopic (exact) mass is 282 g/mol. The summed E-state index contributed by atoms with van der Waals surface area (Å²) in [5, 5.41) is 0. The van der Waals surface area contributed by atoms with E-state index in [9.17, 15) is 4.79 Å². The number of rotatable bonds is 6. The minimum atomic E-state index is -0.394. The molecule has 3 heteroatoms. The van der Waals surface area contributed by atoms with E-state index in [4.69, 9.17) is 4.74 Å². The van der Waals surface area contributed by atoms with Crippen molar-refractivity contribution in [1.82, 2.24) is 0 Å². The van der Waals surface area contributed by atoms with Gasteiger partial charge < -0.3 is 9.47 Å². The third-order valence-corrected chi connectivity index (χ3v) is 3.11. The van der Waals surface area contributed by atoms with Crippen LogP contribution in [-0.2, 0) is 9.53 Å². The molecule has 0 heterocycles. The largest absolute Gasteiger partial charge is 0.493 e. The molecule has 0 saturated heterocycles. The summed E-state index contributed by atoms with van der Waals surface area (Å²) in [6.45, 7) is 4.07. The Hall–Kier alpha value is -2.55. The molecule has 0 aliphatic rings. The highest BCUT2D eigenvalue weighted by Gasteiger charge is 2.08. The SMILES string of the molecule is C=C(CCOc1ccccc1-c1ccccc1)C(=O)OC. The first kappa shape index (κ1) is 14.9. The summed E-state index contributed by atoms with van der Waals surface area (Å²) in [5.41, 5.74) is 2.54. The van der Waals surface area contributed by atoms with Crippen molar-refractivity contribution in [2.75, 3.05) is 13.7 Å². The zero-order valence-corrected chi connectivity index (χ0v) is 12.0. The molecule has 0 saturated carbocycles. The second-order valence-electron chi connectivity index (χ2n) is 4.56. The van der Waals surface area contributed by atoms with Gasteiger partial charge in [-0.15, -0.1) is 0 Å². The third kappa shape index (κ3) is 3.96. The van der Waals surface area contributed by atoms with E-state index in [-0.39, 0.29) is 0 Å². The molecule has 0 aliphatic heterocycles. The van der Waals surface area contributed by atoms with Gasteiger partial charge in [-0.25, -0.2) is 4.79 Å². The van der Waals surface area contributed by atoms with Crippen LogP contribution >= 0.6 is 0 Å². The van der Waals surface area contributed by atoms with Gasteiger partial charge in [0.05, 0.1) is 13.7 Å². The number of benzene rings is 2. The van der Waals surface area contributed by atoms with Crippen molar-refractivity contribution in [3.8, 4) is 16.9 Å². The van der Waals surface area contributed by atoms with E-state index in [1.165, 1.54) is 7.11 Å². The fourth-order valence-corrected chi connectivity index (χ4v) is 1.98. The molecule has 0 spiro atoms. The van der Waals surface area contributed by atoms with Crippen LogP contribution in [0.5, 0.6) is 5.75 Å². The minimum absolute atomic E-state index is 0.387. The second-order valence-corrected chi connectivity index (χ2v) is 4.56. The first-order valence-corrected chi connectivity index (χ1v) is 6.75. The Morgan fingerprint density at radius 1 is 1.05 bits per heavy atom. The van der Waals surface area contributed by atoms with Gasteiger partial charge in [-0.3, -0.25) is 0 Å². The highest BCUT2D eigenvalue weighted by molar-refractivity contribution is 5.87. The van der Waals surface area contributed by atoms with E-state index < -0.39 is 5.97 Å². The van der Waals surface area contributed by atoms with Crippen molar-refractivity contribution in [2.24, 2.45) is 0 Å². The number of ether oxygens (including phenoxy) is 2. The molecular formula is C18H18O3. The summed E-state index contributed by atoms with van der Waals surface area (Å²) in [4.78, 5) is 11.3. The smallest absolute Gasteiger partial charge is 0.333 e. The van der Waals surface area contributed by atoms with Gasteiger partial charge in [0.1, 0.15) is 5.75 Å². The van der Waals surface area contributed by atoms with Crippen LogP contribution < -0.4 is 4.74 Å². The van der Waals surface area contributed by atoms with E-state index in [2.05, 4.69) is 11.3 Å². The molecule has 0 atom stereocenters. The molecule has 108 valence electrons. The average Bonchev–Trinajstić information content (AvgIpc) is 2.55. The molecule has 0 radical (unpaired) electrons. The summed E-state index contributed by atoms with van der Waals surface area (Å²) in [5.74, 6) is 0.399. The fourth-order valence-electron chi connectivity index (χ4n) is 1.98. The Bertz CT molecular complexity index is 617. The van der Waals surface area contributed by atoms with Gasteiger partial charge in [-0.1, -0.05) is 55.1 Å². The lowest BCUT2D eigenvalue weighted by molar-refractivity contribution is -0.136. The predicted octanol–water partition coefficient (Wildman–Crippen LogP) is 3.85. The second kappa shape index (κ2) is 7.29. The number of carbonyl (C=O) groups excluding carboxylic acids is 1. The number of hydrogen-bond donors (Lipinski definition) is 0. The maximum atomic E-state index is 11.3. The van der Waals surface area contributed by atoms with E-state index in [1.54, 1.807) is 0 Å². The summed E-state index contributed by atoms with van der Waals surface area (Å²) < 4.78 is 10.4. The topological polar surface area (TPSA) is 35.5 Å². The molecule has 0 aromatic heterocycles. The van der Waals surface area contributed by atoms with Crippen molar-refractivity contribution in [3.05, 3.63) is 66.7 Å². The Morgan fingerprint density at radius 2 is 1.71 bits per heavy atom. The lowest BCUT2D eigenvalue weighted by atomic mass is 10.1. The summed E-state index contributed by atoms with van der Waals surface area (Å²) in [7, 11) is 1.35. The molecule has 2 aromatic rings. The third-order valence-electron chi connectivity index (χ3n) is 3.11. The molecule has 3 nitrogen and oxygen atoms in total. The van der Waals surface area contributed by atoms with Crippen molar-refractivity contribution in [2.45, 2.75) is 6.42 Å². The highest BCUT2D eigenvalue weighted by Crippen LogP contribution is 2.29. The maximum Gasteiger partial charge on any atom is 0.333 e. The Balaban J connectivity index is 2.05. The van der Waals surface area contributed by atoms with Gasteiger partial charge in [0.15, 0.2) is 0 Å². The Morgan fingerprint density at radius 3 is 2.43 bits per heavy atom. The van der Waals surface area contributed by atoms with Crippen molar-refractivity contribution in [3.63, 3.8) is 0 Å². The van der Waals surface area contributed by atoms with Crippen molar-refractivity contribution >= 4 is 5.97 Å². The molecule has 0 amide bonds. The molecule has 0 aliphatic carbocycles. The molecule has 0 N–H and O–H groups in total. The molecule has 2 rings (SSSR count). The van der Waals surface area contributed by atoms with Crippen LogP contribution in [0.3, 0.4) is 0 Å². The van der Waals surface area contributed by atoms with E-state index >= 15 is 0 Å². The molecular weight excluding hydrogens is 264 g/mol. The van der Waals surface area contributed by atoms with Gasteiger partial charge in [0, 0.05) is 17.6 Å². The lowest BCUT2D eigenvalue weighted by Gasteiger charge is -2.12. The van der Waals surface area contributed by atoms with Crippen LogP contribution in [0, 0.1) is 0 Å². The van der Waals surface area contributed by atoms with Crippen molar-refractivity contribution < 1.29 is 14.3 Å². The maximum absolute atomic E-state index is 11.3. The zero-order valence-electron chi connectivity index (χ0n) is 12.0. The Kier molecular flexibility index (Phi) is 5.16. The van der Waals surface area contributed by atoms with Crippen LogP contribution in [0.4, 0.5) is 0 Å². The first-order valence-electron chi connectivity index (χ1n) is 6.75. The Labute approximate surface area is 124 Å². The van der Waals surface area contributed by atoms with Crippen molar-refractivity contribution in [1.29, 1.82) is 0 Å². The highest BCUT2D eigenvalue weighted by atomic mass is 16.5. The zero-order chi connectivity index (χ0) is 15.1. The van der Waals surface area contributed by atoms with E-state index in [1.807, 2.05) is 54.6 Å². The normalized spacial score (nSPS) is 9.95. The average molecular weight is 282 g/mol. The molecule has 0 unspecified atom stereocenters. The van der Waals surface area contributed by atoms with Gasteiger partial charge >= 0.3 is 5.97 Å². The van der Waals surface area contributed by atoms with Crippen LogP contribution in [0.15, 0.2) is 66.7 Å². The van der Waals surface area contributed by atoms with Crippen LogP contribution in [0.1, 0.15) is 6.42 Å². The molecule has 0 fully saturated rings. The number of carbonyl (C=O) groups is 1. The quantitative estimate of drug-likeness (QED) is 0.596. The van der Waals surface area contributed by atoms with Gasteiger partial charge in [-0.2, -0.15) is 0 Å². The fraction of sp³-hybridized carbons (Fsp3) is 0.167. The van der Waals surface area contributed by atoms with Gasteiger partial charge in [-0.05, 0) is 11.6 Å².